The Bertz CT molecular complexity index is 1140. The lowest BCUT2D eigenvalue weighted by Gasteiger charge is -2.18. The number of methoxy groups -OCH3 is 6. The van der Waals surface area contributed by atoms with Gasteiger partial charge in [-0.15, -0.1) is 0 Å². The van der Waals surface area contributed by atoms with E-state index in [1.165, 1.54) is 66.9 Å². The highest BCUT2D eigenvalue weighted by Crippen LogP contribution is 2.45. The molecule has 10 heteroatoms. The molecular weight excluding hydrogens is 448 g/mol. The lowest BCUT2D eigenvalue weighted by Crippen LogP contribution is -2.13. The molecule has 0 unspecified atom stereocenters. The molecule has 0 saturated carbocycles. The van der Waals surface area contributed by atoms with Crippen LogP contribution >= 0.6 is 0 Å². The lowest BCUT2D eigenvalue weighted by atomic mass is 9.93. The van der Waals surface area contributed by atoms with Crippen molar-refractivity contribution in [3.8, 4) is 11.5 Å². The Morgan fingerprint density at radius 1 is 0.441 bits per heavy atom. The van der Waals surface area contributed by atoms with E-state index in [-0.39, 0.29) is 33.8 Å². The number of rotatable bonds is 6. The summed E-state index contributed by atoms with van der Waals surface area (Å²) >= 11 is 0. The molecule has 3 aromatic rings. The Kier molecular flexibility index (Phi) is 6.90. The zero-order valence-corrected chi connectivity index (χ0v) is 19.4. The van der Waals surface area contributed by atoms with Gasteiger partial charge in [-0.1, -0.05) is 0 Å². The molecule has 10 nitrogen and oxygen atoms in total. The van der Waals surface area contributed by atoms with E-state index in [0.717, 1.165) is 0 Å². The molecule has 0 bridgehead atoms. The summed E-state index contributed by atoms with van der Waals surface area (Å²) in [5, 5.41) is 1.56. The van der Waals surface area contributed by atoms with Crippen LogP contribution in [-0.4, -0.2) is 66.5 Å². The van der Waals surface area contributed by atoms with Gasteiger partial charge >= 0.3 is 23.9 Å². The van der Waals surface area contributed by atoms with Crippen molar-refractivity contribution < 1.29 is 47.6 Å². The first-order chi connectivity index (χ1) is 16.3. The molecule has 0 radical (unpaired) electrons. The molecule has 0 aliphatic rings. The van der Waals surface area contributed by atoms with Crippen LogP contribution in [0.5, 0.6) is 11.5 Å². The molecule has 0 aliphatic heterocycles. The van der Waals surface area contributed by atoms with Crippen molar-refractivity contribution in [3.05, 3.63) is 46.5 Å². The van der Waals surface area contributed by atoms with Gasteiger partial charge in [0.05, 0.1) is 64.9 Å². The second kappa shape index (κ2) is 9.65. The van der Waals surface area contributed by atoms with Crippen LogP contribution in [0.1, 0.15) is 41.4 Å². The molecule has 0 N–H and O–H groups in total. The molecule has 0 aromatic heterocycles. The number of fused-ring (bicyclic) bond motifs is 2. The summed E-state index contributed by atoms with van der Waals surface area (Å²) in [6.07, 6.45) is 0. The van der Waals surface area contributed by atoms with Crippen molar-refractivity contribution in [2.45, 2.75) is 0 Å². The maximum atomic E-state index is 12.4. The normalized spacial score (nSPS) is 10.5. The van der Waals surface area contributed by atoms with Crippen LogP contribution in [-0.2, 0) is 18.9 Å². The van der Waals surface area contributed by atoms with E-state index in [0.29, 0.717) is 21.5 Å². The van der Waals surface area contributed by atoms with Gasteiger partial charge in [-0.2, -0.15) is 0 Å². The molecule has 178 valence electrons. The van der Waals surface area contributed by atoms with Gasteiger partial charge in [-0.25, -0.2) is 19.2 Å². The lowest BCUT2D eigenvalue weighted by molar-refractivity contribution is 0.0555. The van der Waals surface area contributed by atoms with Gasteiger partial charge in [0.1, 0.15) is 11.5 Å². The minimum Gasteiger partial charge on any atom is -0.495 e. The first kappa shape index (κ1) is 24.3. The zero-order chi connectivity index (χ0) is 25.2. The highest BCUT2D eigenvalue weighted by molar-refractivity contribution is 6.18. The number of benzene rings is 3. The van der Waals surface area contributed by atoms with E-state index in [1.54, 1.807) is 0 Å². The monoisotopic (exact) mass is 470 g/mol. The van der Waals surface area contributed by atoms with E-state index in [9.17, 15) is 19.2 Å². The van der Waals surface area contributed by atoms with E-state index < -0.39 is 23.9 Å². The summed E-state index contributed by atoms with van der Waals surface area (Å²) in [6.45, 7) is 0. The third-order valence-electron chi connectivity index (χ3n) is 5.32. The van der Waals surface area contributed by atoms with Crippen LogP contribution in [0.4, 0.5) is 0 Å². The second-order valence-electron chi connectivity index (χ2n) is 6.92. The summed E-state index contributed by atoms with van der Waals surface area (Å²) in [7, 11) is 7.54. The fourth-order valence-electron chi connectivity index (χ4n) is 3.80. The van der Waals surface area contributed by atoms with Crippen molar-refractivity contribution in [1.29, 1.82) is 0 Å². The largest absolute Gasteiger partial charge is 0.495 e. The molecule has 0 heterocycles. The van der Waals surface area contributed by atoms with E-state index >= 15 is 0 Å². The van der Waals surface area contributed by atoms with E-state index in [2.05, 4.69) is 0 Å². The number of ether oxygens (including phenoxy) is 6. The average molecular weight is 470 g/mol. The fourth-order valence-corrected chi connectivity index (χ4v) is 3.80. The predicted octanol–water partition coefficient (Wildman–Crippen LogP) is 3.16. The molecule has 0 spiro atoms. The molecule has 0 aliphatic carbocycles. The predicted molar refractivity (Wildman–Crippen MR) is 120 cm³/mol. The third-order valence-corrected chi connectivity index (χ3v) is 5.32. The van der Waals surface area contributed by atoms with Crippen LogP contribution in [0.25, 0.3) is 21.5 Å². The Morgan fingerprint density at radius 3 is 0.794 bits per heavy atom. The molecule has 3 rings (SSSR count). The quantitative estimate of drug-likeness (QED) is 0.301. The summed E-state index contributed by atoms with van der Waals surface area (Å²) in [5.41, 5.74) is -0.219. The van der Waals surface area contributed by atoms with Crippen LogP contribution in [0.2, 0.25) is 0 Å². The third kappa shape index (κ3) is 3.83. The minimum atomic E-state index is -0.764. The topological polar surface area (TPSA) is 124 Å². The van der Waals surface area contributed by atoms with Gasteiger partial charge < -0.3 is 28.4 Å². The SMILES string of the molecule is COC(=O)c1cc2c(OC)c3cc(C(=O)OC)c(C(=O)OC)cc3c(OC)c2cc1C(=O)OC. The molecular formula is C24H22O10. The standard InChI is InChI=1S/C24H22O10/c1-29-19-11-7-15(21(25)31-3)17(23(27)33-5)9-13(11)20(30-2)14-10-18(24(28)34-6)16(8-12(14)19)22(26)32-4/h7-10H,1-6H3. The number of carbonyl (C=O) groups is 4. The second-order valence-corrected chi connectivity index (χ2v) is 6.92. The van der Waals surface area contributed by atoms with Crippen molar-refractivity contribution in [2.24, 2.45) is 0 Å². The number of esters is 4. The molecule has 34 heavy (non-hydrogen) atoms. The Morgan fingerprint density at radius 2 is 0.647 bits per heavy atom. The summed E-state index contributed by atoms with van der Waals surface area (Å²) in [5.74, 6) is -2.54. The fraction of sp³-hybridized carbons (Fsp3) is 0.250. The summed E-state index contributed by atoms with van der Waals surface area (Å²) in [4.78, 5) is 49.7. The molecule has 0 amide bonds. The first-order valence-corrected chi connectivity index (χ1v) is 9.80. The Labute approximate surface area is 194 Å². The summed E-state index contributed by atoms with van der Waals surface area (Å²) in [6, 6.07) is 5.67. The Hall–Kier alpha value is -4.34. The van der Waals surface area contributed by atoms with Gasteiger partial charge in [0.2, 0.25) is 0 Å². The van der Waals surface area contributed by atoms with Crippen molar-refractivity contribution in [2.75, 3.05) is 42.7 Å². The number of hydrogen-bond acceptors (Lipinski definition) is 10. The number of hydrogen-bond donors (Lipinski definition) is 0. The first-order valence-electron chi connectivity index (χ1n) is 9.80. The van der Waals surface area contributed by atoms with Crippen molar-refractivity contribution >= 4 is 45.4 Å². The maximum absolute atomic E-state index is 12.4. The molecule has 0 atom stereocenters. The highest BCUT2D eigenvalue weighted by Gasteiger charge is 2.27. The molecule has 0 saturated heterocycles. The van der Waals surface area contributed by atoms with Crippen molar-refractivity contribution in [3.63, 3.8) is 0 Å². The van der Waals surface area contributed by atoms with E-state index in [4.69, 9.17) is 28.4 Å². The van der Waals surface area contributed by atoms with Gasteiger partial charge in [-0.05, 0) is 24.3 Å². The van der Waals surface area contributed by atoms with E-state index in [1.807, 2.05) is 0 Å². The highest BCUT2D eigenvalue weighted by atomic mass is 16.5. The number of carbonyl (C=O) groups excluding carboxylic acids is 4. The van der Waals surface area contributed by atoms with Gasteiger partial charge in [0.15, 0.2) is 0 Å². The zero-order valence-electron chi connectivity index (χ0n) is 19.4. The molecule has 0 fully saturated rings. The van der Waals surface area contributed by atoms with Crippen LogP contribution in [0.15, 0.2) is 24.3 Å². The smallest absolute Gasteiger partial charge is 0.338 e. The van der Waals surface area contributed by atoms with Crippen LogP contribution in [0, 0.1) is 0 Å². The summed E-state index contributed by atoms with van der Waals surface area (Å²) < 4.78 is 30.6. The minimum absolute atomic E-state index is 0.0547. The van der Waals surface area contributed by atoms with Gasteiger partial charge in [-0.3, -0.25) is 0 Å². The molecule has 3 aromatic carbocycles. The van der Waals surface area contributed by atoms with Gasteiger partial charge in [0, 0.05) is 21.5 Å². The maximum Gasteiger partial charge on any atom is 0.338 e. The average Bonchev–Trinajstić information content (AvgIpc) is 2.88. The van der Waals surface area contributed by atoms with Crippen LogP contribution < -0.4 is 9.47 Å². The van der Waals surface area contributed by atoms with Crippen molar-refractivity contribution in [1.82, 2.24) is 0 Å². The van der Waals surface area contributed by atoms with Gasteiger partial charge in [0.25, 0.3) is 0 Å². The van der Waals surface area contributed by atoms with Crippen LogP contribution in [0.3, 0.4) is 0 Å². The Balaban J connectivity index is 2.60.